The highest BCUT2D eigenvalue weighted by molar-refractivity contribution is 7.00. The van der Waals surface area contributed by atoms with Crippen LogP contribution in [0.3, 0.4) is 0 Å². The Morgan fingerprint density at radius 3 is 1.57 bits per heavy atom. The van der Waals surface area contributed by atoms with E-state index in [-0.39, 0.29) is 12.1 Å². The van der Waals surface area contributed by atoms with Gasteiger partial charge in [0.1, 0.15) is 0 Å². The normalized spacial score (nSPS) is 13.1. The van der Waals surface area contributed by atoms with Crippen molar-refractivity contribution in [3.8, 4) is 22.4 Å². The minimum absolute atomic E-state index is 0.0190. The van der Waals surface area contributed by atoms with Gasteiger partial charge in [-0.15, -0.1) is 0 Å². The number of rotatable bonds is 4. The molecular weight excluding hydrogens is 593 g/mol. The van der Waals surface area contributed by atoms with Crippen molar-refractivity contribution in [3.63, 3.8) is 0 Å². The molecule has 4 heteroatoms. The van der Waals surface area contributed by atoms with Crippen molar-refractivity contribution in [2.45, 2.75) is 26.2 Å². The topological polar surface area (TPSA) is 19.4 Å². The van der Waals surface area contributed by atoms with Gasteiger partial charge >= 0.3 is 0 Å². The molecule has 9 rings (SSSR count). The van der Waals surface area contributed by atoms with Crippen LogP contribution in [0.5, 0.6) is 0 Å². The summed E-state index contributed by atoms with van der Waals surface area (Å²) >= 11 is 0. The third-order valence-corrected chi connectivity index (χ3v) is 10.0. The van der Waals surface area contributed by atoms with Crippen LogP contribution in [0.4, 0.5) is 34.1 Å². The first-order valence-corrected chi connectivity index (χ1v) is 17.1. The fraction of sp³-hybridized carbons (Fsp3) is 0.0889. The van der Waals surface area contributed by atoms with Gasteiger partial charge in [-0.2, -0.15) is 0 Å². The van der Waals surface area contributed by atoms with Gasteiger partial charge in [0, 0.05) is 40.3 Å². The molecule has 0 atom stereocenters. The van der Waals surface area contributed by atoms with Crippen LogP contribution in [-0.2, 0) is 5.41 Å². The summed E-state index contributed by atoms with van der Waals surface area (Å²) in [6.45, 7) is 6.80. The van der Waals surface area contributed by atoms with Crippen LogP contribution in [0.15, 0.2) is 164 Å². The van der Waals surface area contributed by atoms with Gasteiger partial charge in [-0.3, -0.25) is 4.98 Å². The predicted molar refractivity (Wildman–Crippen MR) is 208 cm³/mol. The summed E-state index contributed by atoms with van der Waals surface area (Å²) in [7, 11) is 0. The molecule has 7 aromatic rings. The molecule has 1 aromatic heterocycles. The lowest BCUT2D eigenvalue weighted by Gasteiger charge is -2.44. The molecule has 3 nitrogen and oxygen atoms in total. The number of benzene rings is 6. The van der Waals surface area contributed by atoms with Crippen molar-refractivity contribution < 1.29 is 0 Å². The Bertz CT molecular complexity index is 2310. The van der Waals surface area contributed by atoms with Crippen LogP contribution >= 0.6 is 0 Å². The Balaban J connectivity index is 1.35. The van der Waals surface area contributed by atoms with Crippen molar-refractivity contribution in [3.05, 3.63) is 169 Å². The third kappa shape index (κ3) is 4.86. The van der Waals surface area contributed by atoms with E-state index in [4.69, 9.17) is 4.98 Å². The second-order valence-electron chi connectivity index (χ2n) is 14.1. The first kappa shape index (κ1) is 29.3. The molecule has 2 aliphatic heterocycles. The van der Waals surface area contributed by atoms with Crippen molar-refractivity contribution in [1.29, 1.82) is 0 Å². The molecule has 2 aliphatic rings. The van der Waals surface area contributed by atoms with Crippen molar-refractivity contribution in [2.24, 2.45) is 0 Å². The van der Waals surface area contributed by atoms with E-state index in [1.807, 2.05) is 6.20 Å². The predicted octanol–water partition coefficient (Wildman–Crippen LogP) is 9.80. The van der Waals surface area contributed by atoms with Gasteiger partial charge < -0.3 is 9.80 Å². The second kappa shape index (κ2) is 11.4. The average molecular weight is 630 g/mol. The molecule has 0 N–H and O–H groups in total. The first-order valence-electron chi connectivity index (χ1n) is 17.1. The quantitative estimate of drug-likeness (QED) is 0.181. The number of anilines is 6. The maximum absolute atomic E-state index is 4.90. The van der Waals surface area contributed by atoms with E-state index in [0.717, 1.165) is 22.6 Å². The fourth-order valence-electron chi connectivity index (χ4n) is 7.68. The summed E-state index contributed by atoms with van der Waals surface area (Å²) < 4.78 is 0. The second-order valence-corrected chi connectivity index (χ2v) is 14.1. The summed E-state index contributed by atoms with van der Waals surface area (Å²) in [6, 6.07) is 57.5. The summed E-state index contributed by atoms with van der Waals surface area (Å²) in [5.41, 5.74) is 16.9. The Hall–Kier alpha value is -5.87. The molecule has 49 heavy (non-hydrogen) atoms. The minimum atomic E-state index is 0.0190. The SMILES string of the molecule is CC(C)(C)c1ccnc(-c2ccc3c(c2)B2c4cc(-c5ccccc5)ccc4N(c4ccccc4)c4cccc(c42)N3c2ccccc2)c1. The van der Waals surface area contributed by atoms with Crippen molar-refractivity contribution in [2.75, 3.05) is 9.80 Å². The van der Waals surface area contributed by atoms with Gasteiger partial charge in [0.2, 0.25) is 0 Å². The Morgan fingerprint density at radius 2 is 1.00 bits per heavy atom. The Morgan fingerprint density at radius 1 is 0.469 bits per heavy atom. The molecule has 0 fully saturated rings. The maximum Gasteiger partial charge on any atom is 0.252 e. The monoisotopic (exact) mass is 629 g/mol. The molecular formula is C45H36BN3. The number of hydrogen-bond donors (Lipinski definition) is 0. The van der Waals surface area contributed by atoms with Crippen molar-refractivity contribution in [1.82, 2.24) is 4.98 Å². The molecule has 0 unspecified atom stereocenters. The van der Waals surface area contributed by atoms with Crippen LogP contribution in [-0.4, -0.2) is 11.7 Å². The molecule has 0 saturated carbocycles. The molecule has 0 radical (unpaired) electrons. The van der Waals surface area contributed by atoms with Gasteiger partial charge in [0.05, 0.1) is 5.69 Å². The number of pyridine rings is 1. The summed E-state index contributed by atoms with van der Waals surface area (Å²) in [4.78, 5) is 9.80. The number of hydrogen-bond acceptors (Lipinski definition) is 3. The summed E-state index contributed by atoms with van der Waals surface area (Å²) in [6.07, 6.45) is 1.96. The minimum Gasteiger partial charge on any atom is -0.311 e. The van der Waals surface area contributed by atoms with Gasteiger partial charge in [-0.05, 0) is 105 Å². The van der Waals surface area contributed by atoms with Crippen LogP contribution < -0.4 is 26.2 Å². The largest absolute Gasteiger partial charge is 0.311 e. The Labute approximate surface area is 289 Å². The fourth-order valence-corrected chi connectivity index (χ4v) is 7.68. The zero-order valence-electron chi connectivity index (χ0n) is 28.0. The van der Waals surface area contributed by atoms with E-state index in [1.54, 1.807) is 0 Å². The highest BCUT2D eigenvalue weighted by atomic mass is 15.2. The van der Waals surface area contributed by atoms with E-state index in [1.165, 1.54) is 55.8 Å². The molecule has 6 aromatic carbocycles. The molecule has 3 heterocycles. The molecule has 0 bridgehead atoms. The van der Waals surface area contributed by atoms with Crippen molar-refractivity contribution >= 4 is 57.2 Å². The number of fused-ring (bicyclic) bond motifs is 4. The van der Waals surface area contributed by atoms with Crippen LogP contribution in [0.2, 0.25) is 0 Å². The molecule has 0 aliphatic carbocycles. The smallest absolute Gasteiger partial charge is 0.252 e. The molecule has 0 spiro atoms. The zero-order chi connectivity index (χ0) is 33.1. The first-order chi connectivity index (χ1) is 24.0. The highest BCUT2D eigenvalue weighted by Crippen LogP contribution is 2.44. The summed E-state index contributed by atoms with van der Waals surface area (Å²) in [5, 5.41) is 0. The third-order valence-electron chi connectivity index (χ3n) is 10.0. The maximum atomic E-state index is 4.90. The van der Waals surface area contributed by atoms with E-state index in [0.29, 0.717) is 0 Å². The van der Waals surface area contributed by atoms with Crippen LogP contribution in [0.25, 0.3) is 22.4 Å². The number of aromatic nitrogens is 1. The van der Waals surface area contributed by atoms with Crippen LogP contribution in [0, 0.1) is 0 Å². The summed E-state index contributed by atoms with van der Waals surface area (Å²) in [5.74, 6) is 0. The molecule has 0 amide bonds. The Kier molecular flexibility index (Phi) is 6.80. The zero-order valence-corrected chi connectivity index (χ0v) is 28.0. The van der Waals surface area contributed by atoms with Crippen LogP contribution in [0.1, 0.15) is 26.3 Å². The van der Waals surface area contributed by atoms with E-state index in [9.17, 15) is 0 Å². The van der Waals surface area contributed by atoms with E-state index < -0.39 is 0 Å². The standard InChI is InChI=1S/C45H36BN3/c1-45(2,3)34-26-27-47-39(30-34)33-23-25-41-38(29-33)46-37-28-32(31-14-7-4-8-15-31)22-24-40(37)48(35-16-9-5-10-17-35)42-20-13-21-43(44(42)46)49(41)36-18-11-6-12-19-36/h4-30H,1-3H3. The highest BCUT2D eigenvalue weighted by Gasteiger charge is 2.43. The van der Waals surface area contributed by atoms with E-state index >= 15 is 0 Å². The number of para-hydroxylation sites is 2. The van der Waals surface area contributed by atoms with Gasteiger partial charge in [-0.25, -0.2) is 0 Å². The number of nitrogens with zero attached hydrogens (tertiary/aromatic N) is 3. The van der Waals surface area contributed by atoms with Gasteiger partial charge in [-0.1, -0.05) is 118 Å². The lowest BCUT2D eigenvalue weighted by Crippen LogP contribution is -2.61. The lowest BCUT2D eigenvalue weighted by molar-refractivity contribution is 0.589. The van der Waals surface area contributed by atoms with Gasteiger partial charge in [0.15, 0.2) is 0 Å². The average Bonchev–Trinajstić information content (AvgIpc) is 3.15. The van der Waals surface area contributed by atoms with Gasteiger partial charge in [0.25, 0.3) is 6.71 Å². The lowest BCUT2D eigenvalue weighted by atomic mass is 9.33. The molecule has 0 saturated heterocycles. The van der Waals surface area contributed by atoms with E-state index in [2.05, 4.69) is 188 Å². The molecule has 234 valence electrons.